The average molecular weight is 255 g/mol. The van der Waals surface area contributed by atoms with Crippen molar-refractivity contribution in [3.63, 3.8) is 0 Å². The van der Waals surface area contributed by atoms with Gasteiger partial charge in [0.25, 0.3) is 0 Å². The highest BCUT2D eigenvalue weighted by molar-refractivity contribution is 6.02. The van der Waals surface area contributed by atoms with Crippen molar-refractivity contribution in [2.45, 2.75) is 46.0 Å². The highest BCUT2D eigenvalue weighted by Gasteiger charge is 2.26. The molecule has 0 radical (unpaired) electrons. The number of amidine groups is 1. The van der Waals surface area contributed by atoms with Gasteiger partial charge in [0, 0.05) is 6.54 Å². The maximum Gasteiger partial charge on any atom is 0.230 e. The molecule has 5 heteroatoms. The van der Waals surface area contributed by atoms with Crippen molar-refractivity contribution in [2.75, 3.05) is 6.54 Å². The van der Waals surface area contributed by atoms with E-state index < -0.39 is 5.92 Å². The van der Waals surface area contributed by atoms with Crippen molar-refractivity contribution in [1.82, 2.24) is 5.32 Å². The summed E-state index contributed by atoms with van der Waals surface area (Å²) in [5, 5.41) is 14.6. The van der Waals surface area contributed by atoms with Crippen LogP contribution in [0.25, 0.3) is 0 Å². The number of rotatable bonds is 6. The number of nitrogens with zero attached hydrogens (tertiary/aromatic N) is 1. The van der Waals surface area contributed by atoms with Crippen molar-refractivity contribution in [2.24, 2.45) is 28.6 Å². The van der Waals surface area contributed by atoms with Crippen LogP contribution in [-0.2, 0) is 4.79 Å². The highest BCUT2D eigenvalue weighted by Crippen LogP contribution is 2.30. The molecule has 1 rings (SSSR count). The molecular weight excluding hydrogens is 230 g/mol. The summed E-state index contributed by atoms with van der Waals surface area (Å²) in [6.07, 6.45) is 5.12. The first-order valence-electron chi connectivity index (χ1n) is 6.85. The zero-order chi connectivity index (χ0) is 13.5. The lowest BCUT2D eigenvalue weighted by molar-refractivity contribution is -0.123. The fourth-order valence-corrected chi connectivity index (χ4v) is 2.65. The molecule has 0 aliphatic heterocycles. The van der Waals surface area contributed by atoms with Gasteiger partial charge in [0.15, 0.2) is 5.84 Å². The van der Waals surface area contributed by atoms with Gasteiger partial charge >= 0.3 is 0 Å². The van der Waals surface area contributed by atoms with Gasteiger partial charge in [0.1, 0.15) is 0 Å². The minimum atomic E-state index is -0.503. The van der Waals surface area contributed by atoms with Gasteiger partial charge in [-0.05, 0) is 24.7 Å². The molecule has 4 N–H and O–H groups in total. The van der Waals surface area contributed by atoms with Crippen LogP contribution in [0.3, 0.4) is 0 Å². The van der Waals surface area contributed by atoms with E-state index in [0.29, 0.717) is 24.8 Å². The largest absolute Gasteiger partial charge is 0.409 e. The third kappa shape index (κ3) is 3.89. The SMILES string of the molecule is CCCC(C(=O)NCC1CCCC1C)C(N)=NO. The van der Waals surface area contributed by atoms with E-state index in [4.69, 9.17) is 10.9 Å². The minimum Gasteiger partial charge on any atom is -0.409 e. The van der Waals surface area contributed by atoms with E-state index in [1.165, 1.54) is 19.3 Å². The summed E-state index contributed by atoms with van der Waals surface area (Å²) in [6.45, 7) is 4.92. The third-order valence-electron chi connectivity index (χ3n) is 3.94. The second kappa shape index (κ2) is 7.24. The second-order valence-electron chi connectivity index (χ2n) is 5.28. The van der Waals surface area contributed by atoms with Gasteiger partial charge in [-0.2, -0.15) is 0 Å². The lowest BCUT2D eigenvalue weighted by Gasteiger charge is -2.19. The van der Waals surface area contributed by atoms with Crippen molar-refractivity contribution < 1.29 is 10.0 Å². The Morgan fingerprint density at radius 2 is 2.28 bits per heavy atom. The van der Waals surface area contributed by atoms with Gasteiger partial charge < -0.3 is 16.3 Å². The van der Waals surface area contributed by atoms with Crippen LogP contribution < -0.4 is 11.1 Å². The molecule has 3 unspecified atom stereocenters. The van der Waals surface area contributed by atoms with Crippen LogP contribution in [0.1, 0.15) is 46.0 Å². The molecule has 0 heterocycles. The number of carbonyl (C=O) groups excluding carboxylic acids is 1. The molecule has 0 aromatic heterocycles. The predicted molar refractivity (Wildman–Crippen MR) is 71.3 cm³/mol. The zero-order valence-electron chi connectivity index (χ0n) is 11.4. The number of amides is 1. The van der Waals surface area contributed by atoms with E-state index in [0.717, 1.165) is 6.42 Å². The molecule has 5 nitrogen and oxygen atoms in total. The predicted octanol–water partition coefficient (Wildman–Crippen LogP) is 1.70. The van der Waals surface area contributed by atoms with Crippen molar-refractivity contribution >= 4 is 11.7 Å². The molecular formula is C13H25N3O2. The van der Waals surface area contributed by atoms with E-state index in [1.54, 1.807) is 0 Å². The quantitative estimate of drug-likeness (QED) is 0.292. The summed E-state index contributed by atoms with van der Waals surface area (Å²) in [7, 11) is 0. The lowest BCUT2D eigenvalue weighted by Crippen LogP contribution is -2.41. The monoisotopic (exact) mass is 255 g/mol. The van der Waals surface area contributed by atoms with Crippen molar-refractivity contribution in [3.8, 4) is 0 Å². The van der Waals surface area contributed by atoms with E-state index >= 15 is 0 Å². The van der Waals surface area contributed by atoms with Crippen LogP contribution in [0.5, 0.6) is 0 Å². The summed E-state index contributed by atoms with van der Waals surface area (Å²) in [5.74, 6) is 0.638. The fraction of sp³-hybridized carbons (Fsp3) is 0.846. The molecule has 104 valence electrons. The van der Waals surface area contributed by atoms with E-state index in [2.05, 4.69) is 17.4 Å². The van der Waals surface area contributed by atoms with Gasteiger partial charge in [-0.1, -0.05) is 38.3 Å². The highest BCUT2D eigenvalue weighted by atomic mass is 16.4. The fourth-order valence-electron chi connectivity index (χ4n) is 2.65. The van der Waals surface area contributed by atoms with Gasteiger partial charge in [0.2, 0.25) is 5.91 Å². The molecule has 18 heavy (non-hydrogen) atoms. The molecule has 0 aromatic carbocycles. The molecule has 0 bridgehead atoms. The topological polar surface area (TPSA) is 87.7 Å². The number of hydrogen-bond acceptors (Lipinski definition) is 3. The van der Waals surface area contributed by atoms with Crippen LogP contribution in [0.2, 0.25) is 0 Å². The van der Waals surface area contributed by atoms with Crippen LogP contribution in [-0.4, -0.2) is 23.5 Å². The van der Waals surface area contributed by atoms with Gasteiger partial charge in [0.05, 0.1) is 5.92 Å². The first-order valence-corrected chi connectivity index (χ1v) is 6.85. The minimum absolute atomic E-state index is 0.00817. The molecule has 1 aliphatic carbocycles. The van der Waals surface area contributed by atoms with Crippen molar-refractivity contribution in [1.29, 1.82) is 0 Å². The molecule has 3 atom stereocenters. The Balaban J connectivity index is 2.46. The molecule has 1 amide bonds. The number of carbonyl (C=O) groups is 1. The normalized spacial score (nSPS) is 26.0. The van der Waals surface area contributed by atoms with Gasteiger partial charge in [-0.15, -0.1) is 0 Å². The first-order chi connectivity index (χ1) is 8.60. The summed E-state index contributed by atoms with van der Waals surface area (Å²) in [4.78, 5) is 12.0. The molecule has 1 fully saturated rings. The standard InChI is InChI=1S/C13H25N3O2/c1-3-5-11(12(14)16-18)13(17)15-8-10-7-4-6-9(10)2/h9-11,18H,3-8H2,1-2H3,(H2,14,16)(H,15,17). The number of hydrogen-bond donors (Lipinski definition) is 3. The molecule has 0 saturated heterocycles. The Hall–Kier alpha value is -1.26. The Kier molecular flexibility index (Phi) is 5.95. The number of nitrogens with two attached hydrogens (primary N) is 1. The van der Waals surface area contributed by atoms with Crippen LogP contribution in [0.4, 0.5) is 0 Å². The second-order valence-corrected chi connectivity index (χ2v) is 5.28. The first kappa shape index (κ1) is 14.8. The molecule has 1 aliphatic rings. The van der Waals surface area contributed by atoms with E-state index in [9.17, 15) is 4.79 Å². The Morgan fingerprint density at radius 1 is 1.56 bits per heavy atom. The lowest BCUT2D eigenvalue weighted by atomic mass is 9.97. The Labute approximate surface area is 109 Å². The summed E-state index contributed by atoms with van der Waals surface area (Å²) in [5.41, 5.74) is 5.55. The maximum atomic E-state index is 12.0. The Morgan fingerprint density at radius 3 is 2.78 bits per heavy atom. The summed E-state index contributed by atoms with van der Waals surface area (Å²) >= 11 is 0. The molecule has 0 spiro atoms. The summed E-state index contributed by atoms with van der Waals surface area (Å²) in [6, 6.07) is 0. The molecule has 1 saturated carbocycles. The van der Waals surface area contributed by atoms with Crippen molar-refractivity contribution in [3.05, 3.63) is 0 Å². The third-order valence-corrected chi connectivity index (χ3v) is 3.94. The van der Waals surface area contributed by atoms with Crippen LogP contribution in [0, 0.1) is 17.8 Å². The average Bonchev–Trinajstić information content (AvgIpc) is 2.77. The number of nitrogens with one attached hydrogen (secondary N) is 1. The maximum absolute atomic E-state index is 12.0. The van der Waals surface area contributed by atoms with Gasteiger partial charge in [-0.3, -0.25) is 4.79 Å². The smallest absolute Gasteiger partial charge is 0.230 e. The number of oxime groups is 1. The zero-order valence-corrected chi connectivity index (χ0v) is 11.4. The Bertz CT molecular complexity index is 305. The molecule has 0 aromatic rings. The van der Waals surface area contributed by atoms with E-state index in [1.807, 2.05) is 6.92 Å². The van der Waals surface area contributed by atoms with E-state index in [-0.39, 0.29) is 11.7 Å². The van der Waals surface area contributed by atoms with Gasteiger partial charge in [-0.25, -0.2) is 0 Å². The van der Waals surface area contributed by atoms with Crippen LogP contribution in [0.15, 0.2) is 5.16 Å². The van der Waals surface area contributed by atoms with Crippen LogP contribution >= 0.6 is 0 Å². The summed E-state index contributed by atoms with van der Waals surface area (Å²) < 4.78 is 0.